The minimum absolute atomic E-state index is 0.0562. The minimum Gasteiger partial charge on any atom is -0.397 e. The Bertz CT molecular complexity index is 1720. The summed E-state index contributed by atoms with van der Waals surface area (Å²) in [7, 11) is -3.44. The van der Waals surface area contributed by atoms with Crippen LogP contribution in [0, 0.1) is 11.2 Å². The van der Waals surface area contributed by atoms with Crippen LogP contribution in [0.5, 0.6) is 0 Å². The van der Waals surface area contributed by atoms with Gasteiger partial charge in [-0.2, -0.15) is 0 Å². The number of nitrogen functional groups attached to an aromatic ring is 1. The highest BCUT2D eigenvalue weighted by Crippen LogP contribution is 2.30. The zero-order valence-corrected chi connectivity index (χ0v) is 21.7. The quantitative estimate of drug-likeness (QED) is 0.179. The molecule has 5 N–H and O–H groups in total. The highest BCUT2D eigenvalue weighted by atomic mass is 32.2. The van der Waals surface area contributed by atoms with Crippen molar-refractivity contribution in [1.82, 2.24) is 19.7 Å². The van der Waals surface area contributed by atoms with Gasteiger partial charge in [0, 0.05) is 29.2 Å². The highest BCUT2D eigenvalue weighted by molar-refractivity contribution is 7.88. The fourth-order valence-corrected chi connectivity index (χ4v) is 4.44. The molecule has 0 radical (unpaired) electrons. The van der Waals surface area contributed by atoms with Gasteiger partial charge in [0.05, 0.1) is 29.0 Å². The van der Waals surface area contributed by atoms with Gasteiger partial charge >= 0.3 is 0 Å². The molecule has 4 rings (SSSR count). The first kappa shape index (κ1) is 26.6. The molecule has 0 spiro atoms. The molecule has 194 valence electrons. The normalized spacial score (nSPS) is 12.3. The van der Waals surface area contributed by atoms with E-state index in [4.69, 9.17) is 11.1 Å². The molecule has 1 aromatic carbocycles. The number of benzene rings is 1. The molecule has 0 aliphatic carbocycles. The molecular formula is C28H27FN6O2S. The summed E-state index contributed by atoms with van der Waals surface area (Å²) in [5.74, 6) is -0.520. The van der Waals surface area contributed by atoms with Crippen molar-refractivity contribution in [3.8, 4) is 11.3 Å². The van der Waals surface area contributed by atoms with E-state index in [0.717, 1.165) is 11.8 Å². The van der Waals surface area contributed by atoms with Gasteiger partial charge in [-0.1, -0.05) is 30.9 Å². The molecule has 0 aliphatic rings. The maximum Gasteiger partial charge on any atom is 0.209 e. The van der Waals surface area contributed by atoms with E-state index in [0.29, 0.717) is 50.5 Å². The molecular weight excluding hydrogens is 503 g/mol. The third-order valence-corrected chi connectivity index (χ3v) is 6.36. The topological polar surface area (TPSA) is 138 Å². The average molecular weight is 531 g/mol. The van der Waals surface area contributed by atoms with E-state index in [9.17, 15) is 12.8 Å². The van der Waals surface area contributed by atoms with Gasteiger partial charge in [-0.15, -0.1) is 0 Å². The first-order valence-corrected chi connectivity index (χ1v) is 13.5. The van der Waals surface area contributed by atoms with Crippen LogP contribution in [0.15, 0.2) is 79.5 Å². The lowest BCUT2D eigenvalue weighted by Gasteiger charge is -2.09. The number of fused-ring (bicyclic) bond motifs is 1. The molecule has 0 fully saturated rings. The number of aromatic amines is 1. The standard InChI is InChI=1S/C28H27FN6O2S/c1-4-6-18(7-5-2)23-9-8-22(30)28(35-23)26(31)25-15-21-24(34-25)10-11-32-27(21)19-12-17(13-20(29)14-19)16-33-38(3,36)37/h4-15,31,33-34H,1,16,30H2,2-3H3/b7-5-,18-6+,31-26?. The van der Waals surface area contributed by atoms with E-state index in [1.165, 1.54) is 12.1 Å². The number of rotatable bonds is 9. The summed E-state index contributed by atoms with van der Waals surface area (Å²) < 4.78 is 39.8. The molecule has 0 unspecified atom stereocenters. The number of halogens is 1. The van der Waals surface area contributed by atoms with Crippen LogP contribution in [-0.4, -0.2) is 35.3 Å². The fraction of sp³-hybridized carbons (Fsp3) is 0.107. The van der Waals surface area contributed by atoms with Gasteiger partial charge in [-0.3, -0.25) is 10.4 Å². The van der Waals surface area contributed by atoms with Crippen molar-refractivity contribution in [2.45, 2.75) is 13.5 Å². The van der Waals surface area contributed by atoms with Gasteiger partial charge in [-0.05, 0) is 60.5 Å². The molecule has 38 heavy (non-hydrogen) atoms. The largest absolute Gasteiger partial charge is 0.397 e. The van der Waals surface area contributed by atoms with E-state index < -0.39 is 15.8 Å². The molecule has 0 atom stereocenters. The Morgan fingerprint density at radius 3 is 2.74 bits per heavy atom. The maximum absolute atomic E-state index is 14.5. The van der Waals surface area contributed by atoms with Crippen molar-refractivity contribution in [1.29, 1.82) is 5.41 Å². The minimum atomic E-state index is -3.44. The number of pyridine rings is 2. The van der Waals surface area contributed by atoms with Crippen molar-refractivity contribution in [2.24, 2.45) is 0 Å². The molecule has 10 heteroatoms. The third-order valence-electron chi connectivity index (χ3n) is 5.69. The molecule has 0 bridgehead atoms. The molecule has 0 amide bonds. The number of anilines is 1. The molecule has 3 heterocycles. The Labute approximate surface area is 220 Å². The maximum atomic E-state index is 14.5. The summed E-state index contributed by atoms with van der Waals surface area (Å²) in [6, 6.07) is 11.3. The second kappa shape index (κ2) is 10.9. The number of nitrogens with zero attached hydrogens (tertiary/aromatic N) is 2. The van der Waals surface area contributed by atoms with Gasteiger partial charge in [-0.25, -0.2) is 22.5 Å². The van der Waals surface area contributed by atoms with Crippen LogP contribution in [0.1, 0.15) is 29.6 Å². The molecule has 0 saturated heterocycles. The summed E-state index contributed by atoms with van der Waals surface area (Å²) in [6.07, 6.45) is 9.90. The van der Waals surface area contributed by atoms with E-state index in [-0.39, 0.29) is 12.3 Å². The smallest absolute Gasteiger partial charge is 0.209 e. The number of aromatic nitrogens is 3. The first-order chi connectivity index (χ1) is 18.1. The van der Waals surface area contributed by atoms with E-state index in [2.05, 4.69) is 26.3 Å². The monoisotopic (exact) mass is 530 g/mol. The number of nitrogens with two attached hydrogens (primary N) is 1. The second-order valence-electron chi connectivity index (χ2n) is 8.61. The summed E-state index contributed by atoms with van der Waals surface area (Å²) in [6.45, 7) is 5.59. The number of H-pyrrole nitrogens is 1. The fourth-order valence-electron chi connectivity index (χ4n) is 4.01. The number of hydrogen-bond donors (Lipinski definition) is 4. The van der Waals surface area contributed by atoms with Crippen molar-refractivity contribution in [3.05, 3.63) is 108 Å². The van der Waals surface area contributed by atoms with Gasteiger partial charge in [0.15, 0.2) is 0 Å². The predicted molar refractivity (Wildman–Crippen MR) is 151 cm³/mol. The number of hydrogen-bond acceptors (Lipinski definition) is 6. The van der Waals surface area contributed by atoms with Crippen LogP contribution in [0.2, 0.25) is 0 Å². The molecule has 4 aromatic rings. The zero-order chi connectivity index (χ0) is 27.4. The van der Waals surface area contributed by atoms with Crippen LogP contribution in [0.25, 0.3) is 27.7 Å². The van der Waals surface area contributed by atoms with E-state index in [1.54, 1.807) is 42.6 Å². The molecule has 0 saturated carbocycles. The van der Waals surface area contributed by atoms with E-state index in [1.807, 2.05) is 25.2 Å². The van der Waals surface area contributed by atoms with Gasteiger partial charge in [0.2, 0.25) is 10.0 Å². The van der Waals surface area contributed by atoms with Gasteiger partial charge in [0.25, 0.3) is 0 Å². The van der Waals surface area contributed by atoms with Crippen LogP contribution >= 0.6 is 0 Å². The lowest BCUT2D eigenvalue weighted by molar-refractivity contribution is 0.586. The Morgan fingerprint density at radius 1 is 1.24 bits per heavy atom. The number of sulfonamides is 1. The Kier molecular flexibility index (Phi) is 7.65. The lowest BCUT2D eigenvalue weighted by atomic mass is 10.0. The van der Waals surface area contributed by atoms with Gasteiger partial charge < -0.3 is 10.7 Å². The lowest BCUT2D eigenvalue weighted by Crippen LogP contribution is -2.21. The molecule has 0 aliphatic heterocycles. The SMILES string of the molecule is C=C/C=C(\C=C/C)c1ccc(N)c(C(=N)c2cc3c(-c4cc(F)cc(CNS(C)(=O)=O)c4)nccc3[nH]2)n1. The molecule has 3 aromatic heterocycles. The van der Waals surface area contributed by atoms with Crippen LogP contribution in [0.4, 0.5) is 10.1 Å². The van der Waals surface area contributed by atoms with Crippen molar-refractivity contribution >= 4 is 37.9 Å². The Hall–Kier alpha value is -4.41. The second-order valence-corrected chi connectivity index (χ2v) is 10.4. The van der Waals surface area contributed by atoms with Crippen LogP contribution in [0.3, 0.4) is 0 Å². The number of nitrogens with one attached hydrogen (secondary N) is 3. The van der Waals surface area contributed by atoms with Crippen LogP contribution in [-0.2, 0) is 16.6 Å². The highest BCUT2D eigenvalue weighted by Gasteiger charge is 2.17. The Morgan fingerprint density at radius 2 is 2.03 bits per heavy atom. The predicted octanol–water partition coefficient (Wildman–Crippen LogP) is 4.96. The zero-order valence-electron chi connectivity index (χ0n) is 20.9. The number of allylic oxidation sites excluding steroid dienone is 5. The van der Waals surface area contributed by atoms with E-state index >= 15 is 0 Å². The summed E-state index contributed by atoms with van der Waals surface area (Å²) >= 11 is 0. The first-order valence-electron chi connectivity index (χ1n) is 11.6. The summed E-state index contributed by atoms with van der Waals surface area (Å²) in [4.78, 5) is 12.3. The van der Waals surface area contributed by atoms with Crippen molar-refractivity contribution in [2.75, 3.05) is 12.0 Å². The average Bonchev–Trinajstić information content (AvgIpc) is 3.31. The van der Waals surface area contributed by atoms with Crippen molar-refractivity contribution < 1.29 is 12.8 Å². The summed E-state index contributed by atoms with van der Waals surface area (Å²) in [5, 5.41) is 9.53. The van der Waals surface area contributed by atoms with Crippen LogP contribution < -0.4 is 10.5 Å². The Balaban J connectivity index is 1.76. The molecule has 8 nitrogen and oxygen atoms in total. The summed E-state index contributed by atoms with van der Waals surface area (Å²) in [5.41, 5.74) is 11.0. The third kappa shape index (κ3) is 5.93. The van der Waals surface area contributed by atoms with Gasteiger partial charge in [0.1, 0.15) is 17.2 Å². The van der Waals surface area contributed by atoms with Crippen molar-refractivity contribution in [3.63, 3.8) is 0 Å².